The summed E-state index contributed by atoms with van der Waals surface area (Å²) in [5, 5.41) is 2.66. The lowest BCUT2D eigenvalue weighted by Crippen LogP contribution is -2.26. The third-order valence-electron chi connectivity index (χ3n) is 3.99. The molecular weight excluding hydrogens is 354 g/mol. The zero-order chi connectivity index (χ0) is 18.7. The van der Waals surface area contributed by atoms with Crippen molar-refractivity contribution >= 4 is 29.3 Å². The van der Waals surface area contributed by atoms with Crippen LogP contribution in [0, 0.1) is 0 Å². The molecule has 3 rings (SSSR count). The topological polar surface area (TPSA) is 73.9 Å². The van der Waals surface area contributed by atoms with Crippen LogP contribution >= 0.6 is 11.8 Å². The predicted molar refractivity (Wildman–Crippen MR) is 99.1 cm³/mol. The second-order valence-electron chi connectivity index (χ2n) is 5.69. The van der Waals surface area contributed by atoms with E-state index in [9.17, 15) is 9.59 Å². The molecule has 2 aromatic carbocycles. The van der Waals surface area contributed by atoms with Crippen LogP contribution in [0.25, 0.3) is 0 Å². The van der Waals surface area contributed by atoms with Crippen molar-refractivity contribution in [2.24, 2.45) is 0 Å². The van der Waals surface area contributed by atoms with Crippen molar-refractivity contribution in [3.63, 3.8) is 0 Å². The van der Waals surface area contributed by atoms with Gasteiger partial charge in [0.25, 0.3) is 0 Å². The van der Waals surface area contributed by atoms with Crippen molar-refractivity contribution in [2.75, 3.05) is 19.5 Å². The number of amides is 1. The highest BCUT2D eigenvalue weighted by atomic mass is 32.2. The van der Waals surface area contributed by atoms with E-state index in [1.807, 2.05) is 13.0 Å². The Balaban J connectivity index is 1.74. The molecule has 0 fully saturated rings. The molecule has 0 spiro atoms. The molecule has 6 nitrogen and oxygen atoms in total. The third-order valence-corrected chi connectivity index (χ3v) is 5.17. The number of anilines is 1. The van der Waals surface area contributed by atoms with Crippen molar-refractivity contribution in [3.8, 4) is 11.5 Å². The number of nitrogens with one attached hydrogen (secondary N) is 1. The van der Waals surface area contributed by atoms with E-state index < -0.39 is 5.97 Å². The Labute approximate surface area is 155 Å². The summed E-state index contributed by atoms with van der Waals surface area (Å²) >= 11 is 1.47. The van der Waals surface area contributed by atoms with E-state index in [1.54, 1.807) is 37.4 Å². The molecule has 0 radical (unpaired) electrons. The van der Waals surface area contributed by atoms with E-state index in [-0.39, 0.29) is 17.8 Å². The average Bonchev–Trinajstić information content (AvgIpc) is 2.66. The molecule has 1 amide bonds. The maximum absolute atomic E-state index is 12.4. The molecule has 2 aromatic rings. The average molecular weight is 373 g/mol. The van der Waals surface area contributed by atoms with Gasteiger partial charge in [0, 0.05) is 10.5 Å². The summed E-state index contributed by atoms with van der Waals surface area (Å²) in [4.78, 5) is 25.1. The van der Waals surface area contributed by atoms with Crippen LogP contribution in [0.3, 0.4) is 0 Å². The highest BCUT2D eigenvalue weighted by Crippen LogP contribution is 2.36. The number of benzene rings is 2. The van der Waals surface area contributed by atoms with Gasteiger partial charge in [0.2, 0.25) is 5.91 Å². The van der Waals surface area contributed by atoms with Gasteiger partial charge in [-0.3, -0.25) is 4.79 Å². The zero-order valence-corrected chi connectivity index (χ0v) is 15.5. The molecule has 0 unspecified atom stereocenters. The number of ether oxygens (including phenoxy) is 3. The maximum atomic E-state index is 12.4. The van der Waals surface area contributed by atoms with Gasteiger partial charge in [0.05, 0.1) is 30.7 Å². The number of carbonyl (C=O) groups is 2. The minimum absolute atomic E-state index is 0.0500. The van der Waals surface area contributed by atoms with Gasteiger partial charge in [-0.15, -0.1) is 11.8 Å². The van der Waals surface area contributed by atoms with Gasteiger partial charge in [-0.2, -0.15) is 0 Å². The van der Waals surface area contributed by atoms with Crippen LogP contribution in [-0.4, -0.2) is 31.3 Å². The highest BCUT2D eigenvalue weighted by Gasteiger charge is 2.24. The third kappa shape index (κ3) is 3.62. The summed E-state index contributed by atoms with van der Waals surface area (Å²) in [6.45, 7) is 1.89. The van der Waals surface area contributed by atoms with Crippen molar-refractivity contribution < 1.29 is 23.8 Å². The Morgan fingerprint density at radius 1 is 1.19 bits per heavy atom. The van der Waals surface area contributed by atoms with E-state index >= 15 is 0 Å². The van der Waals surface area contributed by atoms with Gasteiger partial charge in [0.15, 0.2) is 11.5 Å². The highest BCUT2D eigenvalue weighted by molar-refractivity contribution is 8.00. The van der Waals surface area contributed by atoms with Gasteiger partial charge in [-0.25, -0.2) is 4.79 Å². The smallest absolute Gasteiger partial charge is 0.338 e. The largest absolute Gasteiger partial charge is 0.493 e. The van der Waals surface area contributed by atoms with Gasteiger partial charge < -0.3 is 19.5 Å². The van der Waals surface area contributed by atoms with E-state index in [0.29, 0.717) is 28.3 Å². The first-order valence-electron chi connectivity index (χ1n) is 8.02. The van der Waals surface area contributed by atoms with Crippen LogP contribution in [0.4, 0.5) is 5.69 Å². The molecule has 0 saturated carbocycles. The standard InChI is InChI=1S/C19H19NO5S/c1-11-18(21)20-14-9-12(7-8-16(14)26-11)19(22)25-10-13-5-4-6-15(23-2)17(13)24-3/h4-9,11H,10H2,1-3H3,(H,20,21)/t11-/m1/s1. The second kappa shape index (κ2) is 7.70. The summed E-state index contributed by atoms with van der Waals surface area (Å²) in [5.41, 5.74) is 1.71. The number of thioether (sulfide) groups is 1. The first-order valence-corrected chi connectivity index (χ1v) is 8.90. The lowest BCUT2D eigenvalue weighted by molar-refractivity contribution is -0.115. The van der Waals surface area contributed by atoms with Crippen LogP contribution in [0.5, 0.6) is 11.5 Å². The molecule has 7 heteroatoms. The van der Waals surface area contributed by atoms with E-state index in [0.717, 1.165) is 4.90 Å². The molecule has 1 atom stereocenters. The molecule has 1 N–H and O–H groups in total. The van der Waals surface area contributed by atoms with Gasteiger partial charge in [-0.05, 0) is 31.2 Å². The van der Waals surface area contributed by atoms with E-state index in [4.69, 9.17) is 14.2 Å². The summed E-state index contributed by atoms with van der Waals surface area (Å²) < 4.78 is 16.0. The molecule has 0 aromatic heterocycles. The zero-order valence-electron chi connectivity index (χ0n) is 14.7. The first kappa shape index (κ1) is 18.1. The summed E-state index contributed by atoms with van der Waals surface area (Å²) in [7, 11) is 3.09. The number of hydrogen-bond donors (Lipinski definition) is 1. The van der Waals surface area contributed by atoms with Crippen molar-refractivity contribution in [2.45, 2.75) is 23.7 Å². The second-order valence-corrected chi connectivity index (χ2v) is 7.07. The molecule has 1 heterocycles. The Hall–Kier alpha value is -2.67. The van der Waals surface area contributed by atoms with Crippen LogP contribution in [0.2, 0.25) is 0 Å². The fraction of sp³-hybridized carbons (Fsp3) is 0.263. The maximum Gasteiger partial charge on any atom is 0.338 e. The summed E-state index contributed by atoms with van der Waals surface area (Å²) in [6.07, 6.45) is 0. The summed E-state index contributed by atoms with van der Waals surface area (Å²) in [6, 6.07) is 10.5. The van der Waals surface area contributed by atoms with Gasteiger partial charge in [-0.1, -0.05) is 12.1 Å². The Morgan fingerprint density at radius 2 is 2.00 bits per heavy atom. The lowest BCUT2D eigenvalue weighted by atomic mass is 10.2. The fourth-order valence-electron chi connectivity index (χ4n) is 2.63. The number of esters is 1. The number of methoxy groups -OCH3 is 2. The van der Waals surface area contributed by atoms with Crippen LogP contribution in [0.15, 0.2) is 41.3 Å². The van der Waals surface area contributed by atoms with Crippen molar-refractivity contribution in [1.29, 1.82) is 0 Å². The molecule has 0 saturated heterocycles. The molecule has 1 aliphatic rings. The van der Waals surface area contributed by atoms with Crippen molar-refractivity contribution in [3.05, 3.63) is 47.5 Å². The minimum atomic E-state index is -0.476. The fourth-order valence-corrected chi connectivity index (χ4v) is 3.56. The molecule has 0 bridgehead atoms. The number of fused-ring (bicyclic) bond motifs is 1. The predicted octanol–water partition coefficient (Wildman–Crippen LogP) is 3.49. The van der Waals surface area contributed by atoms with Crippen LogP contribution in [0.1, 0.15) is 22.8 Å². The Kier molecular flexibility index (Phi) is 5.37. The number of hydrogen-bond acceptors (Lipinski definition) is 6. The quantitative estimate of drug-likeness (QED) is 0.809. The molecule has 0 aliphatic carbocycles. The molecule has 1 aliphatic heterocycles. The molecule has 26 heavy (non-hydrogen) atoms. The van der Waals surface area contributed by atoms with E-state index in [1.165, 1.54) is 18.9 Å². The normalized spacial score (nSPS) is 15.7. The van der Waals surface area contributed by atoms with Gasteiger partial charge in [0.1, 0.15) is 6.61 Å². The lowest BCUT2D eigenvalue weighted by Gasteiger charge is -2.21. The molecule has 136 valence electrons. The monoisotopic (exact) mass is 373 g/mol. The number of para-hydroxylation sites is 1. The van der Waals surface area contributed by atoms with Crippen LogP contribution in [-0.2, 0) is 16.1 Å². The minimum Gasteiger partial charge on any atom is -0.493 e. The first-order chi connectivity index (χ1) is 12.5. The summed E-state index contributed by atoms with van der Waals surface area (Å²) in [5.74, 6) is 0.555. The Morgan fingerprint density at radius 3 is 2.73 bits per heavy atom. The van der Waals surface area contributed by atoms with Crippen LogP contribution < -0.4 is 14.8 Å². The molecular formula is C19H19NO5S. The van der Waals surface area contributed by atoms with Crippen molar-refractivity contribution in [1.82, 2.24) is 0 Å². The number of carbonyl (C=O) groups excluding carboxylic acids is 2. The Bertz CT molecular complexity index is 852. The SMILES string of the molecule is COc1cccc(COC(=O)c2ccc3c(c2)NC(=O)[C@@H](C)S3)c1OC. The number of rotatable bonds is 5. The van der Waals surface area contributed by atoms with Gasteiger partial charge >= 0.3 is 5.97 Å². The van der Waals surface area contributed by atoms with E-state index in [2.05, 4.69) is 5.32 Å².